The van der Waals surface area contributed by atoms with Gasteiger partial charge in [0.25, 0.3) is 0 Å². The third kappa shape index (κ3) is 2.69. The molecule has 2 aromatic heterocycles. The van der Waals surface area contributed by atoms with E-state index in [1.165, 1.54) is 0 Å². The molecule has 0 radical (unpaired) electrons. The van der Waals surface area contributed by atoms with Crippen molar-refractivity contribution in [2.24, 2.45) is 5.73 Å². The summed E-state index contributed by atoms with van der Waals surface area (Å²) in [4.78, 5) is 17.6. The van der Waals surface area contributed by atoms with Crippen molar-refractivity contribution in [3.05, 3.63) is 5.82 Å². The summed E-state index contributed by atoms with van der Waals surface area (Å²) in [6, 6.07) is 0. The average Bonchev–Trinajstić information content (AvgIpc) is 2.50. The lowest BCUT2D eigenvalue weighted by Gasteiger charge is -2.12. The van der Waals surface area contributed by atoms with Crippen LogP contribution in [0.4, 0.5) is 17.6 Å². The first-order valence-electron chi connectivity index (χ1n) is 6.61. The summed E-state index contributed by atoms with van der Waals surface area (Å²) in [5.41, 5.74) is 6.96. The SMILES string of the molecule is CCCNc1nc(NC)c2nc(CN)nc(NC)c2n1. The molecule has 0 aromatic carbocycles. The number of hydrogen-bond donors (Lipinski definition) is 4. The molecule has 2 heterocycles. The molecule has 0 unspecified atom stereocenters. The first kappa shape index (κ1) is 14.2. The van der Waals surface area contributed by atoms with Crippen molar-refractivity contribution in [3.63, 3.8) is 0 Å². The van der Waals surface area contributed by atoms with Crippen LogP contribution in [-0.2, 0) is 6.54 Å². The van der Waals surface area contributed by atoms with Crippen LogP contribution in [0.1, 0.15) is 19.2 Å². The van der Waals surface area contributed by atoms with Gasteiger partial charge in [0.1, 0.15) is 16.9 Å². The van der Waals surface area contributed by atoms with Crippen molar-refractivity contribution in [1.29, 1.82) is 0 Å². The standard InChI is InChI=1S/C12H20N8/c1-4-5-16-12-19-9-8(11(15-3)20-12)17-7(6-13)18-10(9)14-2/h4-6,13H2,1-3H3,(H,14,17,18)(H2,15,16,19,20). The van der Waals surface area contributed by atoms with Gasteiger partial charge < -0.3 is 21.7 Å². The van der Waals surface area contributed by atoms with E-state index in [2.05, 4.69) is 42.8 Å². The lowest BCUT2D eigenvalue weighted by atomic mass is 10.3. The molecule has 0 aliphatic rings. The fourth-order valence-electron chi connectivity index (χ4n) is 1.82. The molecule has 2 aromatic rings. The Morgan fingerprint density at radius 2 is 1.60 bits per heavy atom. The van der Waals surface area contributed by atoms with Gasteiger partial charge in [-0.25, -0.2) is 15.0 Å². The van der Waals surface area contributed by atoms with Gasteiger partial charge in [-0.3, -0.25) is 0 Å². The van der Waals surface area contributed by atoms with E-state index >= 15 is 0 Å². The number of fused-ring (bicyclic) bond motifs is 1. The molecule has 20 heavy (non-hydrogen) atoms. The molecule has 0 spiro atoms. The summed E-state index contributed by atoms with van der Waals surface area (Å²) in [6.07, 6.45) is 0.998. The van der Waals surface area contributed by atoms with E-state index in [1.807, 2.05) is 0 Å². The summed E-state index contributed by atoms with van der Waals surface area (Å²) < 4.78 is 0. The Hall–Kier alpha value is -2.22. The minimum absolute atomic E-state index is 0.267. The van der Waals surface area contributed by atoms with Gasteiger partial charge in [0.2, 0.25) is 5.95 Å². The van der Waals surface area contributed by atoms with Crippen LogP contribution < -0.4 is 21.7 Å². The highest BCUT2D eigenvalue weighted by molar-refractivity contribution is 5.93. The largest absolute Gasteiger partial charge is 0.371 e. The van der Waals surface area contributed by atoms with E-state index in [4.69, 9.17) is 5.73 Å². The second kappa shape index (κ2) is 6.29. The van der Waals surface area contributed by atoms with Crippen LogP contribution >= 0.6 is 0 Å². The Balaban J connectivity index is 2.63. The molecule has 0 atom stereocenters. The smallest absolute Gasteiger partial charge is 0.225 e. The molecule has 108 valence electrons. The topological polar surface area (TPSA) is 114 Å². The van der Waals surface area contributed by atoms with Crippen molar-refractivity contribution in [2.75, 3.05) is 36.6 Å². The highest BCUT2D eigenvalue weighted by Gasteiger charge is 2.14. The Labute approximate surface area is 117 Å². The Bertz CT molecular complexity index is 598. The first-order valence-corrected chi connectivity index (χ1v) is 6.61. The summed E-state index contributed by atoms with van der Waals surface area (Å²) in [5.74, 6) is 2.41. The average molecular weight is 276 g/mol. The fraction of sp³-hybridized carbons (Fsp3) is 0.500. The van der Waals surface area contributed by atoms with Crippen LogP contribution in [0, 0.1) is 0 Å². The van der Waals surface area contributed by atoms with E-state index in [1.54, 1.807) is 14.1 Å². The van der Waals surface area contributed by atoms with Gasteiger partial charge in [-0.1, -0.05) is 6.92 Å². The van der Waals surface area contributed by atoms with Crippen LogP contribution in [0.25, 0.3) is 11.0 Å². The molecule has 0 fully saturated rings. The molecular weight excluding hydrogens is 256 g/mol. The van der Waals surface area contributed by atoms with Crippen LogP contribution in [0.2, 0.25) is 0 Å². The highest BCUT2D eigenvalue weighted by Crippen LogP contribution is 2.24. The number of rotatable bonds is 6. The Morgan fingerprint density at radius 1 is 0.950 bits per heavy atom. The van der Waals surface area contributed by atoms with Crippen molar-refractivity contribution in [3.8, 4) is 0 Å². The molecule has 0 aliphatic carbocycles. The highest BCUT2D eigenvalue weighted by atomic mass is 15.2. The van der Waals surface area contributed by atoms with Crippen molar-refractivity contribution < 1.29 is 0 Å². The normalized spacial score (nSPS) is 10.6. The molecule has 0 saturated carbocycles. The van der Waals surface area contributed by atoms with Crippen molar-refractivity contribution in [2.45, 2.75) is 19.9 Å². The summed E-state index contributed by atoms with van der Waals surface area (Å²) in [7, 11) is 3.59. The monoisotopic (exact) mass is 276 g/mol. The van der Waals surface area contributed by atoms with E-state index in [0.717, 1.165) is 13.0 Å². The molecule has 0 amide bonds. The fourth-order valence-corrected chi connectivity index (χ4v) is 1.82. The van der Waals surface area contributed by atoms with Gasteiger partial charge in [0.05, 0.1) is 6.54 Å². The predicted molar refractivity (Wildman–Crippen MR) is 80.9 cm³/mol. The third-order valence-electron chi connectivity index (χ3n) is 2.78. The zero-order valence-electron chi connectivity index (χ0n) is 12.0. The number of nitrogens with zero attached hydrogens (tertiary/aromatic N) is 4. The molecule has 0 aliphatic heterocycles. The van der Waals surface area contributed by atoms with Gasteiger partial charge in [0, 0.05) is 20.6 Å². The van der Waals surface area contributed by atoms with Gasteiger partial charge >= 0.3 is 0 Å². The molecule has 0 bridgehead atoms. The Morgan fingerprint density at radius 3 is 2.20 bits per heavy atom. The maximum atomic E-state index is 5.63. The first-order chi connectivity index (χ1) is 9.73. The van der Waals surface area contributed by atoms with Crippen molar-refractivity contribution >= 4 is 28.6 Å². The quantitative estimate of drug-likeness (QED) is 0.612. The lowest BCUT2D eigenvalue weighted by molar-refractivity contribution is 0.920. The maximum absolute atomic E-state index is 5.63. The minimum Gasteiger partial charge on any atom is -0.371 e. The summed E-state index contributed by atoms with van der Waals surface area (Å²) >= 11 is 0. The van der Waals surface area contributed by atoms with Crippen molar-refractivity contribution in [1.82, 2.24) is 19.9 Å². The second-order valence-corrected chi connectivity index (χ2v) is 4.21. The number of aromatic nitrogens is 4. The molecule has 8 nitrogen and oxygen atoms in total. The van der Waals surface area contributed by atoms with E-state index in [0.29, 0.717) is 34.4 Å². The van der Waals surface area contributed by atoms with Gasteiger partial charge in [-0.15, -0.1) is 0 Å². The molecule has 0 saturated heterocycles. The summed E-state index contributed by atoms with van der Waals surface area (Å²) in [5, 5.41) is 9.24. The molecule has 8 heteroatoms. The van der Waals surface area contributed by atoms with E-state index in [9.17, 15) is 0 Å². The molecular formula is C12H20N8. The predicted octanol–water partition coefficient (Wildman–Crippen LogP) is 0.784. The molecule has 2 rings (SSSR count). The van der Waals surface area contributed by atoms with Crippen LogP contribution in [-0.4, -0.2) is 40.6 Å². The molecule has 5 N–H and O–H groups in total. The van der Waals surface area contributed by atoms with Crippen LogP contribution in [0.5, 0.6) is 0 Å². The number of hydrogen-bond acceptors (Lipinski definition) is 8. The van der Waals surface area contributed by atoms with Gasteiger partial charge in [-0.05, 0) is 6.42 Å². The Kier molecular flexibility index (Phi) is 4.46. The minimum atomic E-state index is 0.267. The lowest BCUT2D eigenvalue weighted by Crippen LogP contribution is -2.11. The second-order valence-electron chi connectivity index (χ2n) is 4.21. The number of anilines is 3. The van der Waals surface area contributed by atoms with Gasteiger partial charge in [-0.2, -0.15) is 4.98 Å². The number of nitrogens with one attached hydrogen (secondary N) is 3. The third-order valence-corrected chi connectivity index (χ3v) is 2.78. The zero-order valence-corrected chi connectivity index (χ0v) is 12.0. The number of nitrogens with two attached hydrogens (primary N) is 1. The van der Waals surface area contributed by atoms with Gasteiger partial charge in [0.15, 0.2) is 11.6 Å². The van der Waals surface area contributed by atoms with Crippen LogP contribution in [0.3, 0.4) is 0 Å². The van der Waals surface area contributed by atoms with E-state index in [-0.39, 0.29) is 6.54 Å². The van der Waals surface area contributed by atoms with E-state index < -0.39 is 0 Å². The zero-order chi connectivity index (χ0) is 14.5. The summed E-state index contributed by atoms with van der Waals surface area (Å²) in [6.45, 7) is 3.16. The maximum Gasteiger partial charge on any atom is 0.225 e. The van der Waals surface area contributed by atoms with Crippen LogP contribution in [0.15, 0.2) is 0 Å².